The summed E-state index contributed by atoms with van der Waals surface area (Å²) < 4.78 is 5.81. The summed E-state index contributed by atoms with van der Waals surface area (Å²) in [5, 5.41) is 14.7. The van der Waals surface area contributed by atoms with Crippen molar-refractivity contribution in [3.05, 3.63) is 24.3 Å². The average molecular weight is 410 g/mol. The zero-order chi connectivity index (χ0) is 19.6. The van der Waals surface area contributed by atoms with Gasteiger partial charge in [-0.1, -0.05) is 23.1 Å². The van der Waals surface area contributed by atoms with Crippen molar-refractivity contribution < 1.29 is 14.3 Å². The minimum Gasteiger partial charge on any atom is -0.497 e. The van der Waals surface area contributed by atoms with E-state index in [2.05, 4.69) is 20.8 Å². The largest absolute Gasteiger partial charge is 0.497 e. The van der Waals surface area contributed by atoms with E-state index in [1.54, 1.807) is 7.11 Å². The minimum absolute atomic E-state index is 0.0735. The molecule has 0 aliphatic heterocycles. The maximum absolute atomic E-state index is 12.3. The molecule has 1 aromatic carbocycles. The number of carbonyl (C=O) groups is 2. The molecular formula is C17H23N5O3S2. The number of hydrogen-bond acceptors (Lipinski definition) is 8. The molecule has 27 heavy (non-hydrogen) atoms. The molecule has 2 N–H and O–H groups in total. The Morgan fingerprint density at radius 3 is 2.59 bits per heavy atom. The Hall–Kier alpha value is -2.33. The summed E-state index contributed by atoms with van der Waals surface area (Å²) in [5.41, 5.74) is 0.874. The summed E-state index contributed by atoms with van der Waals surface area (Å²) in [5.74, 6) is 0.735. The molecule has 0 aliphatic carbocycles. The van der Waals surface area contributed by atoms with Crippen molar-refractivity contribution in [3.63, 3.8) is 0 Å². The van der Waals surface area contributed by atoms with Crippen LogP contribution in [0.25, 0.3) is 0 Å². The first-order chi connectivity index (χ1) is 13.0. The summed E-state index contributed by atoms with van der Waals surface area (Å²) in [4.78, 5) is 25.5. The second kappa shape index (κ2) is 10.7. The quantitative estimate of drug-likeness (QED) is 0.582. The molecule has 1 heterocycles. The number of carbonyl (C=O) groups excluding carboxylic acids is 2. The Labute approximate surface area is 166 Å². The normalized spacial score (nSPS) is 10.3. The van der Waals surface area contributed by atoms with Crippen LogP contribution >= 0.6 is 23.1 Å². The lowest BCUT2D eigenvalue weighted by atomic mass is 10.3. The van der Waals surface area contributed by atoms with Crippen molar-refractivity contribution in [2.24, 2.45) is 0 Å². The van der Waals surface area contributed by atoms with Crippen molar-refractivity contribution in [2.45, 2.75) is 18.2 Å². The van der Waals surface area contributed by atoms with Crippen molar-refractivity contribution in [1.82, 2.24) is 20.4 Å². The first-order valence-electron chi connectivity index (χ1n) is 8.47. The van der Waals surface area contributed by atoms with Crippen molar-refractivity contribution in [1.29, 1.82) is 0 Å². The lowest BCUT2D eigenvalue weighted by Crippen LogP contribution is -2.41. The molecule has 2 rings (SSSR count). The van der Waals surface area contributed by atoms with Crippen molar-refractivity contribution in [3.8, 4) is 5.75 Å². The number of rotatable bonds is 10. The number of nitrogens with zero attached hydrogens (tertiary/aromatic N) is 3. The van der Waals surface area contributed by atoms with E-state index >= 15 is 0 Å². The molecule has 0 saturated heterocycles. The van der Waals surface area contributed by atoms with Gasteiger partial charge in [0.05, 0.1) is 19.4 Å². The fraction of sp³-hybridized carbons (Fsp3) is 0.412. The molecule has 0 aliphatic rings. The Bertz CT molecular complexity index is 751. The molecule has 0 atom stereocenters. The zero-order valence-electron chi connectivity index (χ0n) is 15.5. The van der Waals surface area contributed by atoms with Crippen LogP contribution in [-0.2, 0) is 9.59 Å². The zero-order valence-corrected chi connectivity index (χ0v) is 17.2. The Morgan fingerprint density at radius 1 is 1.22 bits per heavy atom. The number of aromatic nitrogens is 2. The van der Waals surface area contributed by atoms with E-state index in [0.717, 1.165) is 11.4 Å². The second-order valence-corrected chi connectivity index (χ2v) is 7.58. The highest BCUT2D eigenvalue weighted by Gasteiger charge is 2.16. The van der Waals surface area contributed by atoms with E-state index in [4.69, 9.17) is 4.74 Å². The standard InChI is InChI=1S/C17H23N5O3S2/c1-4-18-14(23)10-22(5-2)15(24)11-26-17-21-20-16(27-17)19-12-6-8-13(25-3)9-7-12/h6-9H,4-5,10-11H2,1-3H3,(H,18,23)(H,19,20). The van der Waals surface area contributed by atoms with Crippen LogP contribution in [0.4, 0.5) is 10.8 Å². The van der Waals surface area contributed by atoms with Crippen LogP contribution in [0, 0.1) is 0 Å². The summed E-state index contributed by atoms with van der Waals surface area (Å²) in [6.45, 7) is 4.80. The van der Waals surface area contributed by atoms with Crippen molar-refractivity contribution >= 4 is 45.7 Å². The molecule has 10 heteroatoms. The number of amides is 2. The van der Waals surface area contributed by atoms with Gasteiger partial charge in [0, 0.05) is 18.8 Å². The van der Waals surface area contributed by atoms with Crippen LogP contribution in [0.15, 0.2) is 28.6 Å². The SMILES string of the molecule is CCNC(=O)CN(CC)C(=O)CSc1nnc(Nc2ccc(OC)cc2)s1. The van der Waals surface area contributed by atoms with Crippen LogP contribution in [0.2, 0.25) is 0 Å². The molecule has 0 saturated carbocycles. The molecule has 2 aromatic rings. The van der Waals surface area contributed by atoms with Gasteiger partial charge in [0.15, 0.2) is 4.34 Å². The van der Waals surface area contributed by atoms with Gasteiger partial charge in [-0.05, 0) is 38.1 Å². The first-order valence-corrected chi connectivity index (χ1v) is 10.3. The van der Waals surface area contributed by atoms with Gasteiger partial charge in [-0.25, -0.2) is 0 Å². The van der Waals surface area contributed by atoms with Gasteiger partial charge in [-0.15, -0.1) is 10.2 Å². The summed E-state index contributed by atoms with van der Waals surface area (Å²) in [6, 6.07) is 7.48. The molecule has 2 amide bonds. The van der Waals surface area contributed by atoms with E-state index < -0.39 is 0 Å². The lowest BCUT2D eigenvalue weighted by Gasteiger charge is -2.19. The third-order valence-corrected chi connectivity index (χ3v) is 5.47. The van der Waals surface area contributed by atoms with E-state index in [1.807, 2.05) is 38.1 Å². The van der Waals surface area contributed by atoms with Crippen LogP contribution in [0.5, 0.6) is 5.75 Å². The number of hydrogen-bond donors (Lipinski definition) is 2. The third-order valence-electron chi connectivity index (χ3n) is 3.51. The van der Waals surface area contributed by atoms with Gasteiger partial charge >= 0.3 is 0 Å². The fourth-order valence-corrected chi connectivity index (χ4v) is 3.81. The maximum Gasteiger partial charge on any atom is 0.239 e. The third kappa shape index (κ3) is 6.72. The molecule has 0 fully saturated rings. The van der Waals surface area contributed by atoms with E-state index in [0.29, 0.717) is 22.6 Å². The monoisotopic (exact) mass is 409 g/mol. The second-order valence-electron chi connectivity index (χ2n) is 5.38. The van der Waals surface area contributed by atoms with E-state index in [1.165, 1.54) is 28.0 Å². The summed E-state index contributed by atoms with van der Waals surface area (Å²) in [7, 11) is 1.62. The number of benzene rings is 1. The average Bonchev–Trinajstić information content (AvgIpc) is 3.12. The predicted octanol–water partition coefficient (Wildman–Crippen LogP) is 2.37. The number of anilines is 2. The highest BCUT2D eigenvalue weighted by molar-refractivity contribution is 8.01. The van der Waals surface area contributed by atoms with Crippen LogP contribution in [0.1, 0.15) is 13.8 Å². The number of likely N-dealkylation sites (N-methyl/N-ethyl adjacent to an activating group) is 2. The Morgan fingerprint density at radius 2 is 1.96 bits per heavy atom. The molecule has 0 unspecified atom stereocenters. The van der Waals surface area contributed by atoms with Crippen molar-refractivity contribution in [2.75, 3.05) is 37.8 Å². The molecule has 0 bridgehead atoms. The van der Waals surface area contributed by atoms with Gasteiger partial charge in [0.25, 0.3) is 0 Å². The fourth-order valence-electron chi connectivity index (χ4n) is 2.13. The molecule has 0 radical (unpaired) electrons. The van der Waals surface area contributed by atoms with E-state index in [9.17, 15) is 9.59 Å². The van der Waals surface area contributed by atoms with E-state index in [-0.39, 0.29) is 24.1 Å². The number of nitrogens with one attached hydrogen (secondary N) is 2. The topological polar surface area (TPSA) is 96.5 Å². The minimum atomic E-state index is -0.153. The highest BCUT2D eigenvalue weighted by Crippen LogP contribution is 2.28. The maximum atomic E-state index is 12.3. The Kier molecular flexibility index (Phi) is 8.34. The number of ether oxygens (including phenoxy) is 1. The molecule has 8 nitrogen and oxygen atoms in total. The van der Waals surface area contributed by atoms with Gasteiger partial charge in [-0.2, -0.15) is 0 Å². The molecule has 0 spiro atoms. The molecule has 146 valence electrons. The van der Waals surface area contributed by atoms with Crippen LogP contribution < -0.4 is 15.4 Å². The highest BCUT2D eigenvalue weighted by atomic mass is 32.2. The first kappa shape index (κ1) is 21.0. The van der Waals surface area contributed by atoms with Gasteiger partial charge < -0.3 is 20.3 Å². The van der Waals surface area contributed by atoms with Gasteiger partial charge in [-0.3, -0.25) is 9.59 Å². The summed E-state index contributed by atoms with van der Waals surface area (Å²) >= 11 is 2.68. The number of methoxy groups -OCH3 is 1. The lowest BCUT2D eigenvalue weighted by molar-refractivity contribution is -0.133. The smallest absolute Gasteiger partial charge is 0.239 e. The number of thioether (sulfide) groups is 1. The summed E-state index contributed by atoms with van der Waals surface area (Å²) in [6.07, 6.45) is 0. The van der Waals surface area contributed by atoms with Gasteiger partial charge in [0.2, 0.25) is 16.9 Å². The Balaban J connectivity index is 1.85. The molecule has 1 aromatic heterocycles. The van der Waals surface area contributed by atoms with Crippen LogP contribution in [0.3, 0.4) is 0 Å². The predicted molar refractivity (Wildman–Crippen MR) is 108 cm³/mol. The van der Waals surface area contributed by atoms with Gasteiger partial charge in [0.1, 0.15) is 5.75 Å². The molecular weight excluding hydrogens is 386 g/mol. The van der Waals surface area contributed by atoms with Crippen LogP contribution in [-0.4, -0.2) is 59.4 Å².